The van der Waals surface area contributed by atoms with Crippen LogP contribution in [0.4, 0.5) is 5.69 Å². The molecule has 0 saturated carbocycles. The van der Waals surface area contributed by atoms with Crippen LogP contribution in [0, 0.1) is 0 Å². The molecule has 0 N–H and O–H groups in total. The number of methoxy groups -OCH3 is 1. The Labute approximate surface area is 142 Å². The van der Waals surface area contributed by atoms with Crippen LogP contribution in [0.5, 0.6) is 0 Å². The number of pyridine rings is 1. The number of amides is 1. The predicted molar refractivity (Wildman–Crippen MR) is 91.8 cm³/mol. The number of benzene rings is 1. The lowest BCUT2D eigenvalue weighted by Gasteiger charge is -2.29. The van der Waals surface area contributed by atoms with Gasteiger partial charge < -0.3 is 14.4 Å². The van der Waals surface area contributed by atoms with Gasteiger partial charge in [-0.3, -0.25) is 9.78 Å². The molecule has 1 amide bonds. The number of aromatic nitrogens is 1. The van der Waals surface area contributed by atoms with Gasteiger partial charge in [-0.2, -0.15) is 0 Å². The maximum Gasteiger partial charge on any atom is 0.260 e. The van der Waals surface area contributed by atoms with Gasteiger partial charge in [0.05, 0.1) is 12.6 Å². The topological polar surface area (TPSA) is 51.7 Å². The molecule has 3 rings (SSSR count). The van der Waals surface area contributed by atoms with Crippen molar-refractivity contribution in [3.05, 3.63) is 60.4 Å². The fourth-order valence-corrected chi connectivity index (χ4v) is 2.99. The van der Waals surface area contributed by atoms with Gasteiger partial charge in [0, 0.05) is 31.8 Å². The SMILES string of the molecule is COC(C(=O)N(CC1CCCO1)c1ccncc1)c1ccccc1. The molecule has 1 aliphatic rings. The van der Waals surface area contributed by atoms with E-state index in [0.717, 1.165) is 30.7 Å². The van der Waals surface area contributed by atoms with Gasteiger partial charge in [-0.15, -0.1) is 0 Å². The molecule has 5 nitrogen and oxygen atoms in total. The summed E-state index contributed by atoms with van der Waals surface area (Å²) in [5.41, 5.74) is 1.65. The highest BCUT2D eigenvalue weighted by molar-refractivity contribution is 5.97. The second kappa shape index (κ2) is 8.04. The molecule has 0 spiro atoms. The van der Waals surface area contributed by atoms with E-state index in [1.54, 1.807) is 24.4 Å². The van der Waals surface area contributed by atoms with E-state index in [1.807, 2.05) is 42.5 Å². The first kappa shape index (κ1) is 16.6. The van der Waals surface area contributed by atoms with Crippen molar-refractivity contribution >= 4 is 11.6 Å². The van der Waals surface area contributed by atoms with E-state index in [4.69, 9.17) is 9.47 Å². The fraction of sp³-hybridized carbons (Fsp3) is 0.368. The van der Waals surface area contributed by atoms with Crippen LogP contribution < -0.4 is 4.90 Å². The van der Waals surface area contributed by atoms with E-state index in [0.29, 0.717) is 6.54 Å². The number of carbonyl (C=O) groups excluding carboxylic acids is 1. The molecule has 2 heterocycles. The summed E-state index contributed by atoms with van der Waals surface area (Å²) >= 11 is 0. The molecule has 2 aromatic rings. The normalized spacial score (nSPS) is 18.3. The van der Waals surface area contributed by atoms with Crippen LogP contribution >= 0.6 is 0 Å². The van der Waals surface area contributed by atoms with E-state index in [2.05, 4.69) is 4.98 Å². The summed E-state index contributed by atoms with van der Waals surface area (Å²) in [7, 11) is 1.56. The van der Waals surface area contributed by atoms with E-state index in [1.165, 1.54) is 0 Å². The highest BCUT2D eigenvalue weighted by Crippen LogP contribution is 2.25. The van der Waals surface area contributed by atoms with Gasteiger partial charge in [0.2, 0.25) is 0 Å². The zero-order valence-electron chi connectivity index (χ0n) is 13.8. The van der Waals surface area contributed by atoms with Gasteiger partial charge >= 0.3 is 0 Å². The van der Waals surface area contributed by atoms with Gasteiger partial charge in [-0.25, -0.2) is 0 Å². The first-order valence-corrected chi connectivity index (χ1v) is 8.20. The average molecular weight is 326 g/mol. The summed E-state index contributed by atoms with van der Waals surface area (Å²) in [5, 5.41) is 0. The van der Waals surface area contributed by atoms with Gasteiger partial charge in [0.25, 0.3) is 5.91 Å². The van der Waals surface area contributed by atoms with Crippen LogP contribution in [-0.4, -0.2) is 37.3 Å². The van der Waals surface area contributed by atoms with Crippen LogP contribution in [0.25, 0.3) is 0 Å². The predicted octanol–water partition coefficient (Wildman–Crippen LogP) is 2.98. The molecule has 1 fully saturated rings. The van der Waals surface area contributed by atoms with Crippen molar-refractivity contribution in [1.29, 1.82) is 0 Å². The number of hydrogen-bond donors (Lipinski definition) is 0. The molecule has 1 saturated heterocycles. The fourth-order valence-electron chi connectivity index (χ4n) is 2.99. The monoisotopic (exact) mass is 326 g/mol. The van der Waals surface area contributed by atoms with E-state index >= 15 is 0 Å². The van der Waals surface area contributed by atoms with Crippen molar-refractivity contribution in [3.63, 3.8) is 0 Å². The summed E-state index contributed by atoms with van der Waals surface area (Å²) in [4.78, 5) is 19.0. The molecular formula is C19H22N2O3. The maximum absolute atomic E-state index is 13.2. The lowest BCUT2D eigenvalue weighted by atomic mass is 10.1. The van der Waals surface area contributed by atoms with Crippen molar-refractivity contribution in [3.8, 4) is 0 Å². The Morgan fingerprint density at radius 2 is 2.04 bits per heavy atom. The Kier molecular flexibility index (Phi) is 5.56. The molecule has 0 bridgehead atoms. The average Bonchev–Trinajstić information content (AvgIpc) is 3.15. The minimum Gasteiger partial charge on any atom is -0.376 e. The van der Waals surface area contributed by atoms with Crippen LogP contribution in [0.2, 0.25) is 0 Å². The number of anilines is 1. The number of ether oxygens (including phenoxy) is 2. The van der Waals surface area contributed by atoms with Crippen LogP contribution in [-0.2, 0) is 14.3 Å². The Bertz CT molecular complexity index is 642. The van der Waals surface area contributed by atoms with Crippen LogP contribution in [0.3, 0.4) is 0 Å². The van der Waals surface area contributed by atoms with E-state index in [-0.39, 0.29) is 12.0 Å². The molecule has 1 aliphatic heterocycles. The third-order valence-electron chi connectivity index (χ3n) is 4.21. The third kappa shape index (κ3) is 3.80. The Morgan fingerprint density at radius 3 is 2.67 bits per heavy atom. The molecule has 0 aliphatic carbocycles. The van der Waals surface area contributed by atoms with Gasteiger partial charge in [0.1, 0.15) is 0 Å². The summed E-state index contributed by atoms with van der Waals surface area (Å²) in [5.74, 6) is -0.0922. The summed E-state index contributed by atoms with van der Waals surface area (Å²) in [6, 6.07) is 13.2. The Morgan fingerprint density at radius 1 is 1.29 bits per heavy atom. The maximum atomic E-state index is 13.2. The summed E-state index contributed by atoms with van der Waals surface area (Å²) < 4.78 is 11.2. The van der Waals surface area contributed by atoms with Crippen molar-refractivity contribution in [2.75, 3.05) is 25.2 Å². The first-order chi connectivity index (χ1) is 11.8. The smallest absolute Gasteiger partial charge is 0.260 e. The second-order valence-corrected chi connectivity index (χ2v) is 5.82. The van der Waals surface area contributed by atoms with Crippen molar-refractivity contribution in [2.45, 2.75) is 25.0 Å². The Balaban J connectivity index is 1.87. The minimum absolute atomic E-state index is 0.0652. The largest absolute Gasteiger partial charge is 0.376 e. The Hall–Kier alpha value is -2.24. The quantitative estimate of drug-likeness (QED) is 0.819. The van der Waals surface area contributed by atoms with E-state index in [9.17, 15) is 4.79 Å². The van der Waals surface area contributed by atoms with Crippen molar-refractivity contribution in [2.24, 2.45) is 0 Å². The van der Waals surface area contributed by atoms with Crippen molar-refractivity contribution < 1.29 is 14.3 Å². The molecule has 126 valence electrons. The number of carbonyl (C=O) groups is 1. The summed E-state index contributed by atoms with van der Waals surface area (Å²) in [6.45, 7) is 1.28. The first-order valence-electron chi connectivity index (χ1n) is 8.20. The number of hydrogen-bond acceptors (Lipinski definition) is 4. The molecule has 0 radical (unpaired) electrons. The number of nitrogens with zero attached hydrogens (tertiary/aromatic N) is 2. The van der Waals surface area contributed by atoms with Crippen molar-refractivity contribution in [1.82, 2.24) is 4.98 Å². The lowest BCUT2D eigenvalue weighted by molar-refractivity contribution is -0.129. The van der Waals surface area contributed by atoms with Gasteiger partial charge in [-0.1, -0.05) is 30.3 Å². The molecule has 2 unspecified atom stereocenters. The molecule has 2 atom stereocenters. The second-order valence-electron chi connectivity index (χ2n) is 5.82. The van der Waals surface area contributed by atoms with Crippen LogP contribution in [0.1, 0.15) is 24.5 Å². The molecule has 1 aromatic heterocycles. The van der Waals surface area contributed by atoms with Gasteiger partial charge in [-0.05, 0) is 30.5 Å². The molecule has 24 heavy (non-hydrogen) atoms. The van der Waals surface area contributed by atoms with Gasteiger partial charge in [0.15, 0.2) is 6.10 Å². The lowest BCUT2D eigenvalue weighted by Crippen LogP contribution is -2.41. The minimum atomic E-state index is -0.638. The zero-order valence-corrected chi connectivity index (χ0v) is 13.8. The van der Waals surface area contributed by atoms with E-state index < -0.39 is 6.10 Å². The standard InChI is InChI=1S/C19H22N2O3/c1-23-18(15-6-3-2-4-7-15)19(22)21(14-17-8-5-13-24-17)16-9-11-20-12-10-16/h2-4,6-7,9-12,17-18H,5,8,13-14H2,1H3. The highest BCUT2D eigenvalue weighted by atomic mass is 16.5. The van der Waals surface area contributed by atoms with Crippen LogP contribution in [0.15, 0.2) is 54.9 Å². The third-order valence-corrected chi connectivity index (χ3v) is 4.21. The molecule has 1 aromatic carbocycles. The molecular weight excluding hydrogens is 304 g/mol. The highest BCUT2D eigenvalue weighted by Gasteiger charge is 2.30. The number of rotatable bonds is 6. The zero-order chi connectivity index (χ0) is 16.8. The molecule has 5 heteroatoms. The summed E-state index contributed by atoms with van der Waals surface area (Å²) in [6.07, 6.45) is 4.81.